The average Bonchev–Trinajstić information content (AvgIpc) is 2.70. The molecule has 2 aromatic carbocycles. The van der Waals surface area contributed by atoms with Gasteiger partial charge in [-0.15, -0.1) is 0 Å². The second-order valence-corrected chi connectivity index (χ2v) is 8.40. The Balaban J connectivity index is 1.50. The van der Waals surface area contributed by atoms with Gasteiger partial charge in [-0.25, -0.2) is 0 Å². The Hall–Kier alpha value is -1.95. The van der Waals surface area contributed by atoms with Gasteiger partial charge in [0.1, 0.15) is 6.61 Å². The van der Waals surface area contributed by atoms with Gasteiger partial charge in [-0.1, -0.05) is 36.4 Å². The second-order valence-electron chi connectivity index (χ2n) is 8.40. The molecule has 2 aliphatic heterocycles. The number of fused-ring (bicyclic) bond motifs is 2. The second kappa shape index (κ2) is 7.82. The van der Waals surface area contributed by atoms with Gasteiger partial charge in [0.2, 0.25) is 5.91 Å². The number of likely N-dealkylation sites (tertiary alicyclic amines) is 2. The Labute approximate surface area is 166 Å². The molecule has 0 unspecified atom stereocenters. The molecule has 0 aliphatic carbocycles. The Kier molecular flexibility index (Phi) is 5.41. The summed E-state index contributed by atoms with van der Waals surface area (Å²) >= 11 is 0. The van der Waals surface area contributed by atoms with Crippen molar-refractivity contribution in [3.8, 4) is 0 Å². The summed E-state index contributed by atoms with van der Waals surface area (Å²) < 4.78 is 5.00. The van der Waals surface area contributed by atoms with Crippen LogP contribution in [0, 0.1) is 12.8 Å². The molecule has 2 saturated heterocycles. The van der Waals surface area contributed by atoms with Crippen molar-refractivity contribution in [3.05, 3.63) is 47.5 Å². The van der Waals surface area contributed by atoms with Crippen molar-refractivity contribution in [1.29, 1.82) is 0 Å². The Morgan fingerprint density at radius 3 is 2.68 bits per heavy atom. The maximum atomic E-state index is 12.2. The van der Waals surface area contributed by atoms with Crippen LogP contribution in [0.2, 0.25) is 0 Å². The molecule has 150 valence electrons. The molecule has 4 rings (SSSR count). The van der Waals surface area contributed by atoms with Gasteiger partial charge in [0.05, 0.1) is 5.60 Å². The summed E-state index contributed by atoms with van der Waals surface area (Å²) in [6, 6.07) is 13.0. The first-order valence-electron chi connectivity index (χ1n) is 10.2. The number of piperidine rings is 2. The maximum absolute atomic E-state index is 12.2. The summed E-state index contributed by atoms with van der Waals surface area (Å²) in [5.74, 6) is 0.110. The zero-order valence-corrected chi connectivity index (χ0v) is 16.9. The minimum absolute atomic E-state index is 0.0196. The standard InChI is InChI=1S/C23H30N2O3/c1-17-7-8-18(21-6-4-3-5-20(17)21)13-24-11-9-23(27)10-12-25(15-19(23)14-24)22(26)16-28-2/h3-8,19,27H,9-16H2,1-2H3/t19-,23-/m1/s1. The lowest BCUT2D eigenvalue weighted by atomic mass is 9.75. The van der Waals surface area contributed by atoms with Crippen LogP contribution in [0.15, 0.2) is 36.4 Å². The van der Waals surface area contributed by atoms with E-state index >= 15 is 0 Å². The molecule has 0 saturated carbocycles. The lowest BCUT2D eigenvalue weighted by Gasteiger charge is -2.50. The molecule has 5 heteroatoms. The molecule has 28 heavy (non-hydrogen) atoms. The molecular formula is C23H30N2O3. The number of carbonyl (C=O) groups excluding carboxylic acids is 1. The van der Waals surface area contributed by atoms with E-state index in [1.54, 1.807) is 7.11 Å². The first kappa shape index (κ1) is 19.4. The van der Waals surface area contributed by atoms with Crippen LogP contribution < -0.4 is 0 Å². The molecule has 2 fully saturated rings. The van der Waals surface area contributed by atoms with Crippen molar-refractivity contribution in [2.45, 2.75) is 31.9 Å². The Morgan fingerprint density at radius 2 is 1.89 bits per heavy atom. The zero-order chi connectivity index (χ0) is 19.7. The summed E-state index contributed by atoms with van der Waals surface area (Å²) in [7, 11) is 1.55. The Bertz CT molecular complexity index is 868. The van der Waals surface area contributed by atoms with E-state index in [1.807, 2.05) is 4.90 Å². The number of aryl methyl sites for hydroxylation is 1. The first-order chi connectivity index (χ1) is 13.5. The van der Waals surface area contributed by atoms with Crippen molar-refractivity contribution >= 4 is 16.7 Å². The highest BCUT2D eigenvalue weighted by Crippen LogP contribution is 2.36. The molecule has 5 nitrogen and oxygen atoms in total. The van der Waals surface area contributed by atoms with Gasteiger partial charge in [-0.3, -0.25) is 9.69 Å². The van der Waals surface area contributed by atoms with Gasteiger partial charge >= 0.3 is 0 Å². The molecule has 1 amide bonds. The molecule has 1 N–H and O–H groups in total. The minimum atomic E-state index is -0.643. The SMILES string of the molecule is COCC(=O)N1CC[C@]2(O)CCN(Cc3ccc(C)c4ccccc34)C[C@@H]2C1. The highest BCUT2D eigenvalue weighted by Gasteiger charge is 2.45. The molecule has 0 spiro atoms. The summed E-state index contributed by atoms with van der Waals surface area (Å²) in [6.07, 6.45) is 1.43. The molecular weight excluding hydrogens is 352 g/mol. The predicted molar refractivity (Wildman–Crippen MR) is 110 cm³/mol. The number of aliphatic hydroxyl groups is 1. The number of methoxy groups -OCH3 is 1. The summed E-state index contributed by atoms with van der Waals surface area (Å²) in [5.41, 5.74) is 1.98. The highest BCUT2D eigenvalue weighted by molar-refractivity contribution is 5.88. The highest BCUT2D eigenvalue weighted by atomic mass is 16.5. The average molecular weight is 383 g/mol. The van der Waals surface area contributed by atoms with Crippen molar-refractivity contribution in [1.82, 2.24) is 9.80 Å². The van der Waals surface area contributed by atoms with Gasteiger partial charge in [0.25, 0.3) is 0 Å². The lowest BCUT2D eigenvalue weighted by molar-refractivity contribution is -0.150. The third-order valence-electron chi connectivity index (χ3n) is 6.60. The van der Waals surface area contributed by atoms with Gasteiger partial charge < -0.3 is 14.7 Å². The number of benzene rings is 2. The fourth-order valence-corrected chi connectivity index (χ4v) is 4.85. The van der Waals surface area contributed by atoms with E-state index in [2.05, 4.69) is 48.2 Å². The van der Waals surface area contributed by atoms with Gasteiger partial charge in [-0.05, 0) is 41.7 Å². The number of ether oxygens (including phenoxy) is 1. The van der Waals surface area contributed by atoms with Crippen LogP contribution in [0.3, 0.4) is 0 Å². The van der Waals surface area contributed by atoms with E-state index < -0.39 is 5.60 Å². The molecule has 2 heterocycles. The number of carbonyl (C=O) groups is 1. The van der Waals surface area contributed by atoms with Crippen LogP contribution in [0.4, 0.5) is 0 Å². The van der Waals surface area contributed by atoms with Crippen LogP contribution in [0.5, 0.6) is 0 Å². The molecule has 2 atom stereocenters. The van der Waals surface area contributed by atoms with Gasteiger partial charge in [0.15, 0.2) is 0 Å². The monoisotopic (exact) mass is 382 g/mol. The van der Waals surface area contributed by atoms with E-state index in [0.29, 0.717) is 19.5 Å². The van der Waals surface area contributed by atoms with Crippen LogP contribution in [0.25, 0.3) is 10.8 Å². The van der Waals surface area contributed by atoms with Gasteiger partial charge in [0, 0.05) is 45.8 Å². The summed E-state index contributed by atoms with van der Waals surface area (Å²) in [4.78, 5) is 16.5. The van der Waals surface area contributed by atoms with Gasteiger partial charge in [-0.2, -0.15) is 0 Å². The molecule has 0 aromatic heterocycles. The molecule has 2 aromatic rings. The summed E-state index contributed by atoms with van der Waals surface area (Å²) in [6.45, 7) is 6.09. The molecule has 0 bridgehead atoms. The van der Waals surface area contributed by atoms with E-state index in [-0.39, 0.29) is 18.4 Å². The maximum Gasteiger partial charge on any atom is 0.248 e. The minimum Gasteiger partial charge on any atom is -0.389 e. The number of hydrogen-bond donors (Lipinski definition) is 1. The van der Waals surface area contributed by atoms with Crippen molar-refractivity contribution in [3.63, 3.8) is 0 Å². The number of nitrogens with zero attached hydrogens (tertiary/aromatic N) is 2. The predicted octanol–water partition coefficient (Wildman–Crippen LogP) is 2.58. The fraction of sp³-hybridized carbons (Fsp3) is 0.522. The van der Waals surface area contributed by atoms with Crippen molar-refractivity contribution in [2.75, 3.05) is 39.9 Å². The van der Waals surface area contributed by atoms with Crippen molar-refractivity contribution in [2.24, 2.45) is 5.92 Å². The zero-order valence-electron chi connectivity index (χ0n) is 16.9. The molecule has 0 radical (unpaired) electrons. The smallest absolute Gasteiger partial charge is 0.248 e. The summed E-state index contributed by atoms with van der Waals surface area (Å²) in [5, 5.41) is 13.7. The third kappa shape index (κ3) is 3.66. The third-order valence-corrected chi connectivity index (χ3v) is 6.60. The number of amides is 1. The largest absolute Gasteiger partial charge is 0.389 e. The quantitative estimate of drug-likeness (QED) is 0.883. The topological polar surface area (TPSA) is 53.0 Å². The normalized spacial score (nSPS) is 25.7. The van der Waals surface area contributed by atoms with Crippen LogP contribution in [-0.2, 0) is 16.1 Å². The number of hydrogen-bond acceptors (Lipinski definition) is 4. The van der Waals surface area contributed by atoms with E-state index in [0.717, 1.165) is 26.1 Å². The number of rotatable bonds is 4. The van der Waals surface area contributed by atoms with Crippen molar-refractivity contribution < 1.29 is 14.6 Å². The van der Waals surface area contributed by atoms with Crippen LogP contribution >= 0.6 is 0 Å². The molecule has 2 aliphatic rings. The lowest BCUT2D eigenvalue weighted by Crippen LogP contribution is -2.60. The van der Waals surface area contributed by atoms with E-state index in [9.17, 15) is 9.90 Å². The first-order valence-corrected chi connectivity index (χ1v) is 10.2. The fourth-order valence-electron chi connectivity index (χ4n) is 4.85. The van der Waals surface area contributed by atoms with Crippen LogP contribution in [-0.4, -0.2) is 66.3 Å². The van der Waals surface area contributed by atoms with E-state index in [1.165, 1.54) is 21.9 Å². The Morgan fingerprint density at radius 1 is 1.14 bits per heavy atom. The van der Waals surface area contributed by atoms with Crippen LogP contribution in [0.1, 0.15) is 24.0 Å². The van der Waals surface area contributed by atoms with E-state index in [4.69, 9.17) is 4.74 Å².